The average Bonchev–Trinajstić information content (AvgIpc) is 2.74. The van der Waals surface area contributed by atoms with E-state index < -0.39 is 0 Å². The van der Waals surface area contributed by atoms with E-state index in [4.69, 9.17) is 0 Å². The SMILES string of the molecule is CN(Cc1cscn1)CC1(CBr)CCCCCC1. The van der Waals surface area contributed by atoms with Crippen molar-refractivity contribution in [3.8, 4) is 0 Å². The normalized spacial score (nSPS) is 19.9. The van der Waals surface area contributed by atoms with Crippen LogP contribution in [-0.2, 0) is 6.54 Å². The Kier molecular flexibility index (Phi) is 5.64. The topological polar surface area (TPSA) is 16.1 Å². The van der Waals surface area contributed by atoms with E-state index in [9.17, 15) is 0 Å². The van der Waals surface area contributed by atoms with Crippen LogP contribution in [0.2, 0.25) is 0 Å². The second kappa shape index (κ2) is 7.01. The predicted molar refractivity (Wildman–Crippen MR) is 82.4 cm³/mol. The van der Waals surface area contributed by atoms with E-state index in [0.29, 0.717) is 5.41 Å². The van der Waals surface area contributed by atoms with Gasteiger partial charge in [0, 0.05) is 23.8 Å². The lowest BCUT2D eigenvalue weighted by molar-refractivity contribution is 0.170. The zero-order chi connectivity index (χ0) is 12.8. The van der Waals surface area contributed by atoms with Crippen LogP contribution in [0.3, 0.4) is 0 Å². The summed E-state index contributed by atoms with van der Waals surface area (Å²) in [5.41, 5.74) is 3.62. The van der Waals surface area contributed by atoms with E-state index in [2.05, 4.69) is 38.2 Å². The Labute approximate surface area is 123 Å². The van der Waals surface area contributed by atoms with Crippen molar-refractivity contribution in [1.82, 2.24) is 9.88 Å². The number of hydrogen-bond acceptors (Lipinski definition) is 3. The average molecular weight is 331 g/mol. The highest BCUT2D eigenvalue weighted by atomic mass is 79.9. The molecule has 0 aliphatic heterocycles. The molecule has 0 bridgehead atoms. The number of hydrogen-bond donors (Lipinski definition) is 0. The van der Waals surface area contributed by atoms with E-state index in [-0.39, 0.29) is 0 Å². The van der Waals surface area contributed by atoms with Crippen LogP contribution in [0.5, 0.6) is 0 Å². The fraction of sp³-hybridized carbons (Fsp3) is 0.786. The smallest absolute Gasteiger partial charge is 0.0795 e. The largest absolute Gasteiger partial charge is 0.300 e. The first-order chi connectivity index (χ1) is 8.74. The Morgan fingerprint density at radius 1 is 1.33 bits per heavy atom. The van der Waals surface area contributed by atoms with Crippen LogP contribution in [0.25, 0.3) is 0 Å². The summed E-state index contributed by atoms with van der Waals surface area (Å²) >= 11 is 5.46. The van der Waals surface area contributed by atoms with Crippen LogP contribution in [-0.4, -0.2) is 28.8 Å². The van der Waals surface area contributed by atoms with Gasteiger partial charge in [-0.05, 0) is 25.3 Å². The van der Waals surface area contributed by atoms with Gasteiger partial charge in [-0.1, -0.05) is 41.6 Å². The molecule has 4 heteroatoms. The fourth-order valence-electron chi connectivity index (χ4n) is 3.03. The molecule has 2 rings (SSSR count). The first kappa shape index (κ1) is 14.5. The highest BCUT2D eigenvalue weighted by Gasteiger charge is 2.31. The number of halogens is 1. The predicted octanol–water partition coefficient (Wildman–Crippen LogP) is 4.31. The lowest BCUT2D eigenvalue weighted by Crippen LogP contribution is -2.36. The second-order valence-corrected chi connectivity index (χ2v) is 6.98. The van der Waals surface area contributed by atoms with Gasteiger partial charge in [-0.2, -0.15) is 0 Å². The van der Waals surface area contributed by atoms with Gasteiger partial charge < -0.3 is 0 Å². The maximum Gasteiger partial charge on any atom is 0.0795 e. The molecule has 0 unspecified atom stereocenters. The molecule has 0 spiro atoms. The van der Waals surface area contributed by atoms with Crippen molar-refractivity contribution in [3.05, 3.63) is 16.6 Å². The molecule has 1 aromatic rings. The Hall–Kier alpha value is 0.0700. The maximum absolute atomic E-state index is 4.38. The Balaban J connectivity index is 1.91. The van der Waals surface area contributed by atoms with Crippen LogP contribution in [0.15, 0.2) is 10.9 Å². The maximum atomic E-state index is 4.38. The first-order valence-electron chi connectivity index (χ1n) is 6.86. The molecule has 0 N–H and O–H groups in total. The molecule has 1 aliphatic rings. The summed E-state index contributed by atoms with van der Waals surface area (Å²) in [6.07, 6.45) is 8.39. The summed E-state index contributed by atoms with van der Waals surface area (Å²) in [6.45, 7) is 2.17. The van der Waals surface area contributed by atoms with Gasteiger partial charge in [0.05, 0.1) is 11.2 Å². The molecule has 1 aromatic heterocycles. The third kappa shape index (κ3) is 4.04. The van der Waals surface area contributed by atoms with Crippen LogP contribution in [0.1, 0.15) is 44.2 Å². The van der Waals surface area contributed by atoms with Crippen molar-refractivity contribution in [2.24, 2.45) is 5.41 Å². The van der Waals surface area contributed by atoms with Crippen molar-refractivity contribution in [3.63, 3.8) is 0 Å². The fourth-order valence-corrected chi connectivity index (χ4v) is 4.32. The standard InChI is InChI=1S/C14H23BrN2S/c1-17(8-13-9-18-12-16-13)11-14(10-15)6-4-2-3-5-7-14/h9,12H,2-8,10-11H2,1H3. The number of thiazole rings is 1. The molecule has 0 amide bonds. The van der Waals surface area contributed by atoms with Gasteiger partial charge in [-0.25, -0.2) is 4.98 Å². The summed E-state index contributed by atoms with van der Waals surface area (Å²) in [5, 5.41) is 3.30. The summed E-state index contributed by atoms with van der Waals surface area (Å²) in [7, 11) is 2.23. The lowest BCUT2D eigenvalue weighted by Gasteiger charge is -2.35. The molecular formula is C14H23BrN2S. The van der Waals surface area contributed by atoms with Crippen LogP contribution >= 0.6 is 27.3 Å². The van der Waals surface area contributed by atoms with Gasteiger partial charge in [0.1, 0.15) is 0 Å². The van der Waals surface area contributed by atoms with Gasteiger partial charge in [0.2, 0.25) is 0 Å². The molecule has 0 radical (unpaired) electrons. The molecule has 102 valence electrons. The zero-order valence-corrected chi connectivity index (χ0v) is 13.6. The van der Waals surface area contributed by atoms with E-state index in [0.717, 1.165) is 11.9 Å². The molecule has 0 saturated heterocycles. The third-order valence-electron chi connectivity index (χ3n) is 3.97. The number of alkyl halides is 1. The highest BCUT2D eigenvalue weighted by molar-refractivity contribution is 9.09. The summed E-state index contributed by atoms with van der Waals surface area (Å²) < 4.78 is 0. The van der Waals surface area contributed by atoms with Crippen LogP contribution in [0, 0.1) is 5.41 Å². The molecule has 0 aromatic carbocycles. The molecular weight excluding hydrogens is 308 g/mol. The van der Waals surface area contributed by atoms with Gasteiger partial charge in [-0.15, -0.1) is 11.3 Å². The van der Waals surface area contributed by atoms with Gasteiger partial charge >= 0.3 is 0 Å². The Bertz CT molecular complexity index is 332. The molecule has 1 fully saturated rings. The molecule has 1 aliphatic carbocycles. The molecule has 0 atom stereocenters. The molecule has 1 heterocycles. The summed E-state index contributed by atoms with van der Waals surface area (Å²) in [6, 6.07) is 0. The van der Waals surface area contributed by atoms with E-state index in [1.54, 1.807) is 11.3 Å². The second-order valence-electron chi connectivity index (χ2n) is 5.70. The van der Waals surface area contributed by atoms with Gasteiger partial charge in [0.25, 0.3) is 0 Å². The minimum Gasteiger partial charge on any atom is -0.300 e. The number of rotatable bonds is 5. The van der Waals surface area contributed by atoms with E-state index >= 15 is 0 Å². The minimum atomic E-state index is 0.487. The van der Waals surface area contributed by atoms with Crippen molar-refractivity contribution in [2.75, 3.05) is 18.9 Å². The quantitative estimate of drug-likeness (QED) is 0.590. The molecule has 1 saturated carbocycles. The highest BCUT2D eigenvalue weighted by Crippen LogP contribution is 2.37. The zero-order valence-electron chi connectivity index (χ0n) is 11.2. The van der Waals surface area contributed by atoms with Crippen molar-refractivity contribution < 1.29 is 0 Å². The van der Waals surface area contributed by atoms with Gasteiger partial charge in [0.15, 0.2) is 0 Å². The monoisotopic (exact) mass is 330 g/mol. The van der Waals surface area contributed by atoms with E-state index in [1.807, 2.05) is 5.51 Å². The third-order valence-corrected chi connectivity index (χ3v) is 5.79. The summed E-state index contributed by atoms with van der Waals surface area (Å²) in [5.74, 6) is 0. The van der Waals surface area contributed by atoms with Crippen molar-refractivity contribution in [2.45, 2.75) is 45.1 Å². The van der Waals surface area contributed by atoms with Crippen LogP contribution in [0.4, 0.5) is 0 Å². The number of nitrogens with zero attached hydrogens (tertiary/aromatic N) is 2. The Morgan fingerprint density at radius 3 is 2.61 bits per heavy atom. The Morgan fingerprint density at radius 2 is 2.06 bits per heavy atom. The van der Waals surface area contributed by atoms with Crippen molar-refractivity contribution in [1.29, 1.82) is 0 Å². The lowest BCUT2D eigenvalue weighted by atomic mass is 9.82. The summed E-state index contributed by atoms with van der Waals surface area (Å²) in [4.78, 5) is 6.83. The minimum absolute atomic E-state index is 0.487. The van der Waals surface area contributed by atoms with Gasteiger partial charge in [-0.3, -0.25) is 4.90 Å². The van der Waals surface area contributed by atoms with Crippen LogP contribution < -0.4 is 0 Å². The molecule has 2 nitrogen and oxygen atoms in total. The first-order valence-corrected chi connectivity index (χ1v) is 8.92. The van der Waals surface area contributed by atoms with E-state index in [1.165, 1.54) is 50.8 Å². The number of aromatic nitrogens is 1. The molecule has 18 heavy (non-hydrogen) atoms. The van der Waals surface area contributed by atoms with Crippen molar-refractivity contribution >= 4 is 27.3 Å².